The molecule has 3 aliphatic carbocycles. The molecule has 0 aromatic carbocycles. The number of hydrogen-bond donors (Lipinski definition) is 1. The maximum Gasteiger partial charge on any atom is 0.0105 e. The summed E-state index contributed by atoms with van der Waals surface area (Å²) in [6.07, 6.45) is 10.2. The molecule has 3 fully saturated rings. The van der Waals surface area contributed by atoms with Crippen LogP contribution in [0, 0.1) is 17.8 Å². The van der Waals surface area contributed by atoms with E-state index in [1.54, 1.807) is 0 Å². The van der Waals surface area contributed by atoms with E-state index in [1.807, 2.05) is 0 Å². The molecule has 2 nitrogen and oxygen atoms in total. The van der Waals surface area contributed by atoms with Gasteiger partial charge in [0, 0.05) is 25.2 Å². The van der Waals surface area contributed by atoms with Crippen molar-refractivity contribution < 1.29 is 0 Å². The largest absolute Gasteiger partial charge is 0.317 e. The van der Waals surface area contributed by atoms with E-state index in [-0.39, 0.29) is 0 Å². The molecule has 18 heavy (non-hydrogen) atoms. The van der Waals surface area contributed by atoms with Crippen LogP contribution in [0.2, 0.25) is 0 Å². The van der Waals surface area contributed by atoms with Gasteiger partial charge in [-0.1, -0.05) is 6.92 Å². The number of nitrogens with zero attached hydrogens (tertiary/aromatic N) is 1. The minimum atomic E-state index is 0.779. The number of nitrogens with one attached hydrogen (secondary N) is 1. The minimum Gasteiger partial charge on any atom is -0.317 e. The van der Waals surface area contributed by atoms with Gasteiger partial charge in [-0.3, -0.25) is 4.90 Å². The third kappa shape index (κ3) is 3.27. The summed E-state index contributed by atoms with van der Waals surface area (Å²) in [5.41, 5.74) is 0. The first-order valence-electron chi connectivity index (χ1n) is 8.17. The van der Waals surface area contributed by atoms with E-state index in [2.05, 4.69) is 24.2 Å². The standard InChI is InChI=1S/C16H30N2/c1-12-3-8-16(17-2)14(9-12)11-18(15-6-7-15)10-13-4-5-13/h12-17H,3-11H2,1-2H3. The molecule has 0 saturated heterocycles. The fraction of sp³-hybridized carbons (Fsp3) is 1.00. The monoisotopic (exact) mass is 250 g/mol. The van der Waals surface area contributed by atoms with Gasteiger partial charge in [0.05, 0.1) is 0 Å². The number of rotatable bonds is 6. The second kappa shape index (κ2) is 5.50. The molecule has 0 bridgehead atoms. The summed E-state index contributed by atoms with van der Waals surface area (Å²) in [6.45, 7) is 5.23. The Morgan fingerprint density at radius 1 is 1.00 bits per heavy atom. The molecule has 1 N–H and O–H groups in total. The molecular formula is C16H30N2. The molecular weight excluding hydrogens is 220 g/mol. The molecule has 0 aromatic heterocycles. The Bertz CT molecular complexity index is 270. The molecule has 0 aliphatic heterocycles. The lowest BCUT2D eigenvalue weighted by molar-refractivity contribution is 0.139. The second-order valence-corrected chi connectivity index (χ2v) is 7.20. The van der Waals surface area contributed by atoms with Crippen molar-refractivity contribution in [3.63, 3.8) is 0 Å². The molecule has 3 rings (SSSR count). The predicted molar refractivity (Wildman–Crippen MR) is 76.7 cm³/mol. The first-order chi connectivity index (χ1) is 8.76. The van der Waals surface area contributed by atoms with Crippen LogP contribution in [0.15, 0.2) is 0 Å². The lowest BCUT2D eigenvalue weighted by atomic mass is 9.78. The van der Waals surface area contributed by atoms with Crippen LogP contribution in [-0.2, 0) is 0 Å². The van der Waals surface area contributed by atoms with Gasteiger partial charge in [-0.05, 0) is 69.7 Å². The van der Waals surface area contributed by atoms with Crippen LogP contribution < -0.4 is 5.32 Å². The van der Waals surface area contributed by atoms with Crippen molar-refractivity contribution in [1.82, 2.24) is 10.2 Å². The normalized spacial score (nSPS) is 37.2. The van der Waals surface area contributed by atoms with Gasteiger partial charge in [0.15, 0.2) is 0 Å². The maximum absolute atomic E-state index is 3.58. The summed E-state index contributed by atoms with van der Waals surface area (Å²) in [6, 6.07) is 1.74. The van der Waals surface area contributed by atoms with Crippen LogP contribution in [0.25, 0.3) is 0 Å². The first kappa shape index (κ1) is 12.9. The van der Waals surface area contributed by atoms with Crippen molar-refractivity contribution in [1.29, 1.82) is 0 Å². The van der Waals surface area contributed by atoms with Crippen LogP contribution in [0.1, 0.15) is 51.9 Å². The van der Waals surface area contributed by atoms with E-state index in [9.17, 15) is 0 Å². The van der Waals surface area contributed by atoms with Crippen molar-refractivity contribution in [3.8, 4) is 0 Å². The summed E-state index contributed by atoms with van der Waals surface area (Å²) < 4.78 is 0. The fourth-order valence-electron chi connectivity index (χ4n) is 3.83. The predicted octanol–water partition coefficient (Wildman–Crippen LogP) is 2.89. The van der Waals surface area contributed by atoms with Gasteiger partial charge in [0.25, 0.3) is 0 Å². The summed E-state index contributed by atoms with van der Waals surface area (Å²) in [5.74, 6) is 2.90. The van der Waals surface area contributed by atoms with Gasteiger partial charge in [-0.25, -0.2) is 0 Å². The molecule has 0 radical (unpaired) electrons. The molecule has 0 spiro atoms. The van der Waals surface area contributed by atoms with E-state index in [0.717, 1.165) is 29.8 Å². The molecule has 0 aromatic rings. The Morgan fingerprint density at radius 2 is 1.78 bits per heavy atom. The average Bonchev–Trinajstić information content (AvgIpc) is 3.22. The Kier molecular flexibility index (Phi) is 3.95. The van der Waals surface area contributed by atoms with Crippen molar-refractivity contribution in [2.75, 3.05) is 20.1 Å². The van der Waals surface area contributed by atoms with Gasteiger partial charge < -0.3 is 5.32 Å². The van der Waals surface area contributed by atoms with Gasteiger partial charge >= 0.3 is 0 Å². The van der Waals surface area contributed by atoms with Crippen molar-refractivity contribution in [2.45, 2.75) is 64.0 Å². The highest BCUT2D eigenvalue weighted by Crippen LogP contribution is 2.37. The highest BCUT2D eigenvalue weighted by atomic mass is 15.2. The second-order valence-electron chi connectivity index (χ2n) is 7.20. The summed E-state index contributed by atoms with van der Waals surface area (Å²) in [5, 5.41) is 3.58. The van der Waals surface area contributed by atoms with E-state index < -0.39 is 0 Å². The molecule has 104 valence electrons. The minimum absolute atomic E-state index is 0.779. The zero-order chi connectivity index (χ0) is 12.5. The third-order valence-electron chi connectivity index (χ3n) is 5.34. The Morgan fingerprint density at radius 3 is 2.39 bits per heavy atom. The molecule has 3 saturated carbocycles. The maximum atomic E-state index is 3.58. The molecule has 0 amide bonds. The van der Waals surface area contributed by atoms with E-state index >= 15 is 0 Å². The molecule has 3 aliphatic rings. The van der Waals surface area contributed by atoms with Crippen LogP contribution >= 0.6 is 0 Å². The highest BCUT2D eigenvalue weighted by molar-refractivity contribution is 4.92. The first-order valence-corrected chi connectivity index (χ1v) is 8.17. The highest BCUT2D eigenvalue weighted by Gasteiger charge is 2.37. The van der Waals surface area contributed by atoms with E-state index in [4.69, 9.17) is 0 Å². The van der Waals surface area contributed by atoms with Crippen molar-refractivity contribution in [2.24, 2.45) is 17.8 Å². The summed E-state index contributed by atoms with van der Waals surface area (Å²) in [7, 11) is 2.16. The number of hydrogen-bond acceptors (Lipinski definition) is 2. The molecule has 3 unspecified atom stereocenters. The fourth-order valence-corrected chi connectivity index (χ4v) is 3.83. The average molecular weight is 250 g/mol. The van der Waals surface area contributed by atoms with Gasteiger partial charge in [-0.15, -0.1) is 0 Å². The van der Waals surface area contributed by atoms with E-state index in [1.165, 1.54) is 58.0 Å². The summed E-state index contributed by atoms with van der Waals surface area (Å²) >= 11 is 0. The van der Waals surface area contributed by atoms with Crippen LogP contribution in [0.4, 0.5) is 0 Å². The molecule has 2 heteroatoms. The smallest absolute Gasteiger partial charge is 0.0105 e. The zero-order valence-corrected chi connectivity index (χ0v) is 12.2. The van der Waals surface area contributed by atoms with Gasteiger partial charge in [-0.2, -0.15) is 0 Å². The zero-order valence-electron chi connectivity index (χ0n) is 12.2. The topological polar surface area (TPSA) is 15.3 Å². The Labute approximate surface area is 113 Å². The molecule has 0 heterocycles. The van der Waals surface area contributed by atoms with Crippen molar-refractivity contribution >= 4 is 0 Å². The van der Waals surface area contributed by atoms with Gasteiger partial charge in [0.1, 0.15) is 0 Å². The lowest BCUT2D eigenvalue weighted by Gasteiger charge is -2.38. The molecule has 3 atom stereocenters. The quantitative estimate of drug-likeness (QED) is 0.780. The Hall–Kier alpha value is -0.0800. The summed E-state index contributed by atoms with van der Waals surface area (Å²) in [4.78, 5) is 2.85. The van der Waals surface area contributed by atoms with Crippen LogP contribution in [0.5, 0.6) is 0 Å². The third-order valence-corrected chi connectivity index (χ3v) is 5.34. The van der Waals surface area contributed by atoms with Crippen LogP contribution in [0.3, 0.4) is 0 Å². The van der Waals surface area contributed by atoms with E-state index in [0.29, 0.717) is 0 Å². The Balaban J connectivity index is 1.56. The SMILES string of the molecule is CNC1CCC(C)CC1CN(CC1CC1)C1CC1. The van der Waals surface area contributed by atoms with Crippen molar-refractivity contribution in [3.05, 3.63) is 0 Å². The lowest BCUT2D eigenvalue weighted by Crippen LogP contribution is -2.45. The van der Waals surface area contributed by atoms with Gasteiger partial charge in [0.2, 0.25) is 0 Å². The van der Waals surface area contributed by atoms with Crippen LogP contribution in [-0.4, -0.2) is 37.1 Å².